The van der Waals surface area contributed by atoms with Crippen molar-refractivity contribution < 1.29 is 4.79 Å². The second kappa shape index (κ2) is 4.93. The second-order valence-corrected chi connectivity index (χ2v) is 6.13. The molecule has 0 spiro atoms. The number of fused-ring (bicyclic) bond motifs is 1. The van der Waals surface area contributed by atoms with E-state index in [-0.39, 0.29) is 11.8 Å². The van der Waals surface area contributed by atoms with Crippen LogP contribution in [0, 0.1) is 17.8 Å². The zero-order valence-corrected chi connectivity index (χ0v) is 11.5. The van der Waals surface area contributed by atoms with Gasteiger partial charge in [-0.25, -0.2) is 0 Å². The van der Waals surface area contributed by atoms with Gasteiger partial charge in [0.1, 0.15) is 5.78 Å². The first kappa shape index (κ1) is 12.8. The molecule has 2 nitrogen and oxygen atoms in total. The number of carbonyl (C=O) groups is 1. The summed E-state index contributed by atoms with van der Waals surface area (Å²) in [5, 5.41) is 0. The molecule has 0 aromatic heterocycles. The molecule has 1 fully saturated rings. The van der Waals surface area contributed by atoms with Crippen molar-refractivity contribution in [2.75, 3.05) is 6.54 Å². The van der Waals surface area contributed by atoms with Gasteiger partial charge in [-0.2, -0.15) is 0 Å². The number of carbonyl (C=O) groups excluding carboxylic acids is 1. The van der Waals surface area contributed by atoms with E-state index < -0.39 is 0 Å². The Kier molecular flexibility index (Phi) is 3.72. The van der Waals surface area contributed by atoms with Crippen LogP contribution in [-0.2, 0) is 4.79 Å². The monoisotopic (exact) mass is 235 g/mol. The molecule has 0 aromatic carbocycles. The van der Waals surface area contributed by atoms with Crippen LogP contribution in [0.1, 0.15) is 40.5 Å². The topological polar surface area (TPSA) is 20.3 Å². The molecule has 0 N–H and O–H groups in total. The number of hydrogen-bond donors (Lipinski definition) is 0. The average molecular weight is 235 g/mol. The first-order valence-electron chi connectivity index (χ1n) is 6.96. The highest BCUT2D eigenvalue weighted by atomic mass is 16.1. The molecule has 2 rings (SSSR count). The van der Waals surface area contributed by atoms with Crippen LogP contribution in [-0.4, -0.2) is 29.3 Å². The summed E-state index contributed by atoms with van der Waals surface area (Å²) in [7, 11) is 0. The molecule has 0 bridgehead atoms. The third-order valence-electron chi connectivity index (χ3n) is 4.39. The Balaban J connectivity index is 2.19. The first-order chi connectivity index (χ1) is 8.02. The number of hydrogen-bond acceptors (Lipinski definition) is 2. The van der Waals surface area contributed by atoms with Crippen molar-refractivity contribution in [3.63, 3.8) is 0 Å². The number of Topliss-reactive ketones (excluding diaryl/α,β-unsaturated/α-hetero) is 1. The van der Waals surface area contributed by atoms with Gasteiger partial charge in [-0.3, -0.25) is 9.69 Å². The van der Waals surface area contributed by atoms with Gasteiger partial charge in [0.25, 0.3) is 0 Å². The van der Waals surface area contributed by atoms with Crippen LogP contribution in [0.15, 0.2) is 12.2 Å². The minimum atomic E-state index is 0.179. The number of likely N-dealkylation sites (tertiary alicyclic amines) is 1. The Bertz CT molecular complexity index is 319. The highest BCUT2D eigenvalue weighted by molar-refractivity contribution is 5.83. The Labute approximate surface area is 105 Å². The van der Waals surface area contributed by atoms with Crippen LogP contribution < -0.4 is 0 Å². The third kappa shape index (κ3) is 2.33. The molecule has 0 radical (unpaired) electrons. The summed E-state index contributed by atoms with van der Waals surface area (Å²) in [6.45, 7) is 9.54. The lowest BCUT2D eigenvalue weighted by Crippen LogP contribution is -2.38. The van der Waals surface area contributed by atoms with E-state index in [0.717, 1.165) is 19.4 Å². The predicted octanol–water partition coefficient (Wildman–Crippen LogP) is 2.89. The molecule has 0 saturated carbocycles. The highest BCUT2D eigenvalue weighted by Crippen LogP contribution is 2.39. The molecule has 2 heteroatoms. The van der Waals surface area contributed by atoms with Crippen LogP contribution >= 0.6 is 0 Å². The maximum atomic E-state index is 12.3. The quantitative estimate of drug-likeness (QED) is 0.701. The minimum absolute atomic E-state index is 0.179. The fourth-order valence-electron chi connectivity index (χ4n) is 3.46. The summed E-state index contributed by atoms with van der Waals surface area (Å²) in [4.78, 5) is 14.9. The number of allylic oxidation sites excluding steroid dienone is 1. The van der Waals surface area contributed by atoms with E-state index in [1.54, 1.807) is 0 Å². The van der Waals surface area contributed by atoms with Crippen LogP contribution in [0.25, 0.3) is 0 Å². The van der Waals surface area contributed by atoms with Crippen molar-refractivity contribution in [2.24, 2.45) is 17.8 Å². The van der Waals surface area contributed by atoms with Gasteiger partial charge in [-0.15, -0.1) is 0 Å². The van der Waals surface area contributed by atoms with Crippen LogP contribution in [0.2, 0.25) is 0 Å². The van der Waals surface area contributed by atoms with Crippen LogP contribution in [0.5, 0.6) is 0 Å². The number of ketones is 1. The molecule has 0 amide bonds. The van der Waals surface area contributed by atoms with Gasteiger partial charge in [0.15, 0.2) is 0 Å². The SMILES string of the molecule is CC(C)C(=O)C1CN(C(C)C)C2CC=CCC12. The third-order valence-corrected chi connectivity index (χ3v) is 4.39. The molecule has 1 saturated heterocycles. The predicted molar refractivity (Wildman–Crippen MR) is 70.8 cm³/mol. The maximum Gasteiger partial charge on any atom is 0.140 e. The first-order valence-corrected chi connectivity index (χ1v) is 6.96. The van der Waals surface area contributed by atoms with Crippen molar-refractivity contribution in [3.05, 3.63) is 12.2 Å². The second-order valence-electron chi connectivity index (χ2n) is 6.13. The Morgan fingerprint density at radius 1 is 1.18 bits per heavy atom. The lowest BCUT2D eigenvalue weighted by Gasteiger charge is -2.32. The molecule has 1 aliphatic carbocycles. The molecular formula is C15H25NO. The summed E-state index contributed by atoms with van der Waals surface area (Å²) in [5.74, 6) is 1.49. The smallest absolute Gasteiger partial charge is 0.140 e. The van der Waals surface area contributed by atoms with E-state index in [1.165, 1.54) is 0 Å². The van der Waals surface area contributed by atoms with Crippen molar-refractivity contribution in [3.8, 4) is 0 Å². The zero-order valence-electron chi connectivity index (χ0n) is 11.5. The van der Waals surface area contributed by atoms with E-state index >= 15 is 0 Å². The fourth-order valence-corrected chi connectivity index (χ4v) is 3.46. The van der Waals surface area contributed by atoms with E-state index in [0.29, 0.717) is 23.8 Å². The van der Waals surface area contributed by atoms with E-state index in [2.05, 4.69) is 30.9 Å². The van der Waals surface area contributed by atoms with Crippen LogP contribution in [0.4, 0.5) is 0 Å². The summed E-state index contributed by atoms with van der Waals surface area (Å²) < 4.78 is 0. The Morgan fingerprint density at radius 3 is 2.41 bits per heavy atom. The lowest BCUT2D eigenvalue weighted by molar-refractivity contribution is -0.126. The van der Waals surface area contributed by atoms with Gasteiger partial charge < -0.3 is 0 Å². The normalized spacial score (nSPS) is 33.4. The van der Waals surface area contributed by atoms with Gasteiger partial charge in [-0.05, 0) is 32.6 Å². The van der Waals surface area contributed by atoms with Crippen LogP contribution in [0.3, 0.4) is 0 Å². The fraction of sp³-hybridized carbons (Fsp3) is 0.800. The van der Waals surface area contributed by atoms with Gasteiger partial charge in [0.05, 0.1) is 0 Å². The van der Waals surface area contributed by atoms with Crippen molar-refractivity contribution in [1.82, 2.24) is 4.90 Å². The molecule has 3 unspecified atom stereocenters. The largest absolute Gasteiger partial charge is 0.299 e. The number of rotatable bonds is 3. The summed E-state index contributed by atoms with van der Waals surface area (Å²) >= 11 is 0. The van der Waals surface area contributed by atoms with E-state index in [9.17, 15) is 4.79 Å². The van der Waals surface area contributed by atoms with E-state index in [1.807, 2.05) is 13.8 Å². The molecular weight excluding hydrogens is 210 g/mol. The molecule has 2 aliphatic rings. The lowest BCUT2D eigenvalue weighted by atomic mass is 9.79. The summed E-state index contributed by atoms with van der Waals surface area (Å²) in [5.41, 5.74) is 0. The molecule has 0 aromatic rings. The van der Waals surface area contributed by atoms with Crippen molar-refractivity contribution in [2.45, 2.75) is 52.6 Å². The molecule has 1 aliphatic heterocycles. The molecule has 1 heterocycles. The van der Waals surface area contributed by atoms with E-state index in [4.69, 9.17) is 0 Å². The Hall–Kier alpha value is -0.630. The van der Waals surface area contributed by atoms with Gasteiger partial charge in [0.2, 0.25) is 0 Å². The van der Waals surface area contributed by atoms with Gasteiger partial charge in [0, 0.05) is 30.5 Å². The van der Waals surface area contributed by atoms with Crippen molar-refractivity contribution >= 4 is 5.78 Å². The molecule has 3 atom stereocenters. The zero-order chi connectivity index (χ0) is 12.6. The molecule has 96 valence electrons. The van der Waals surface area contributed by atoms with Crippen molar-refractivity contribution in [1.29, 1.82) is 0 Å². The van der Waals surface area contributed by atoms with Gasteiger partial charge in [-0.1, -0.05) is 26.0 Å². The number of nitrogens with zero attached hydrogens (tertiary/aromatic N) is 1. The standard InChI is InChI=1S/C15H25NO/c1-10(2)15(17)13-9-16(11(3)4)14-8-6-5-7-12(13)14/h5-6,10-14H,7-9H2,1-4H3. The Morgan fingerprint density at radius 2 is 1.82 bits per heavy atom. The average Bonchev–Trinajstić information content (AvgIpc) is 2.67. The minimum Gasteiger partial charge on any atom is -0.299 e. The summed E-state index contributed by atoms with van der Waals surface area (Å²) in [6.07, 6.45) is 6.78. The maximum absolute atomic E-state index is 12.3. The highest BCUT2D eigenvalue weighted by Gasteiger charge is 2.45. The van der Waals surface area contributed by atoms with Gasteiger partial charge >= 0.3 is 0 Å². The summed E-state index contributed by atoms with van der Waals surface area (Å²) in [6, 6.07) is 1.16. The molecule has 17 heavy (non-hydrogen) atoms.